The first-order chi connectivity index (χ1) is 7.56. The van der Waals surface area contributed by atoms with Crippen LogP contribution in [-0.2, 0) is 0 Å². The van der Waals surface area contributed by atoms with Crippen molar-refractivity contribution in [2.24, 2.45) is 5.73 Å². The van der Waals surface area contributed by atoms with E-state index in [1.807, 2.05) is 6.07 Å². The average Bonchev–Trinajstić information content (AvgIpc) is 2.25. The molecule has 0 aliphatic rings. The third kappa shape index (κ3) is 3.11. The molecule has 0 amide bonds. The zero-order valence-corrected chi connectivity index (χ0v) is 9.70. The topological polar surface area (TPSA) is 82.1 Å². The van der Waals surface area contributed by atoms with Crippen molar-refractivity contribution >= 4 is 17.3 Å². The highest BCUT2D eigenvalue weighted by molar-refractivity contribution is 6.32. The fourth-order valence-corrected chi connectivity index (χ4v) is 1.40. The van der Waals surface area contributed by atoms with E-state index in [9.17, 15) is 5.11 Å². The van der Waals surface area contributed by atoms with Crippen molar-refractivity contribution in [3.05, 3.63) is 28.8 Å². The van der Waals surface area contributed by atoms with Gasteiger partial charge in [-0.2, -0.15) is 5.26 Å². The lowest BCUT2D eigenvalue weighted by Gasteiger charge is -2.16. The van der Waals surface area contributed by atoms with Crippen molar-refractivity contribution < 1.29 is 5.11 Å². The van der Waals surface area contributed by atoms with Gasteiger partial charge in [0.2, 0.25) is 0 Å². The second-order valence-electron chi connectivity index (χ2n) is 3.56. The Morgan fingerprint density at radius 1 is 1.62 bits per heavy atom. The van der Waals surface area contributed by atoms with Crippen LogP contribution in [0.25, 0.3) is 0 Å². The molecule has 0 saturated heterocycles. The number of benzene rings is 1. The van der Waals surface area contributed by atoms with E-state index in [0.29, 0.717) is 22.8 Å². The van der Waals surface area contributed by atoms with Crippen LogP contribution in [0.1, 0.15) is 12.5 Å². The number of aliphatic hydroxyl groups is 1. The van der Waals surface area contributed by atoms with Crippen molar-refractivity contribution in [3.8, 4) is 6.07 Å². The van der Waals surface area contributed by atoms with E-state index in [4.69, 9.17) is 22.6 Å². The SMILES string of the molecule is CC(O)C(N)CNc1cccc(Cl)c1C#N. The van der Waals surface area contributed by atoms with Crippen molar-refractivity contribution in [2.75, 3.05) is 11.9 Å². The number of hydrogen-bond acceptors (Lipinski definition) is 4. The predicted octanol–water partition coefficient (Wildman–Crippen LogP) is 1.33. The van der Waals surface area contributed by atoms with Crippen LogP contribution in [0, 0.1) is 11.3 Å². The number of aliphatic hydroxyl groups excluding tert-OH is 1. The number of anilines is 1. The highest BCUT2D eigenvalue weighted by atomic mass is 35.5. The maximum absolute atomic E-state index is 9.22. The zero-order chi connectivity index (χ0) is 12.1. The Bertz CT molecular complexity index is 401. The minimum Gasteiger partial charge on any atom is -0.392 e. The highest BCUT2D eigenvalue weighted by Gasteiger charge is 2.11. The summed E-state index contributed by atoms with van der Waals surface area (Å²) in [5, 5.41) is 21.5. The van der Waals surface area contributed by atoms with Crippen LogP contribution in [0.15, 0.2) is 18.2 Å². The van der Waals surface area contributed by atoms with Gasteiger partial charge in [0.1, 0.15) is 6.07 Å². The van der Waals surface area contributed by atoms with E-state index in [0.717, 1.165) is 0 Å². The Balaban J connectivity index is 2.75. The summed E-state index contributed by atoms with van der Waals surface area (Å²) in [6, 6.07) is 6.79. The van der Waals surface area contributed by atoms with Crippen LogP contribution in [-0.4, -0.2) is 23.8 Å². The van der Waals surface area contributed by atoms with Gasteiger partial charge in [0.05, 0.1) is 22.4 Å². The quantitative estimate of drug-likeness (QED) is 0.740. The molecular weight excluding hydrogens is 226 g/mol. The molecule has 4 N–H and O–H groups in total. The van der Waals surface area contributed by atoms with Gasteiger partial charge in [-0.05, 0) is 19.1 Å². The van der Waals surface area contributed by atoms with E-state index in [2.05, 4.69) is 5.32 Å². The lowest BCUT2D eigenvalue weighted by molar-refractivity contribution is 0.168. The smallest absolute Gasteiger partial charge is 0.103 e. The third-order valence-corrected chi connectivity index (χ3v) is 2.59. The molecule has 0 radical (unpaired) electrons. The van der Waals surface area contributed by atoms with Crippen LogP contribution in [0.4, 0.5) is 5.69 Å². The van der Waals surface area contributed by atoms with Crippen LogP contribution in [0.5, 0.6) is 0 Å². The number of nitrogens with one attached hydrogen (secondary N) is 1. The van der Waals surface area contributed by atoms with Crippen LogP contribution >= 0.6 is 11.6 Å². The van der Waals surface area contributed by atoms with Crippen molar-refractivity contribution in [2.45, 2.75) is 19.1 Å². The Hall–Kier alpha value is -1.28. The van der Waals surface area contributed by atoms with Crippen LogP contribution < -0.4 is 11.1 Å². The molecule has 2 unspecified atom stereocenters. The lowest BCUT2D eigenvalue weighted by Crippen LogP contribution is -2.38. The zero-order valence-electron chi connectivity index (χ0n) is 8.94. The first-order valence-electron chi connectivity index (χ1n) is 4.92. The summed E-state index contributed by atoms with van der Waals surface area (Å²) >= 11 is 5.86. The summed E-state index contributed by atoms with van der Waals surface area (Å²) in [5.74, 6) is 0. The van der Waals surface area contributed by atoms with Gasteiger partial charge in [0.25, 0.3) is 0 Å². The van der Waals surface area contributed by atoms with Gasteiger partial charge < -0.3 is 16.2 Å². The normalized spacial score (nSPS) is 13.9. The fraction of sp³-hybridized carbons (Fsp3) is 0.364. The van der Waals surface area contributed by atoms with Gasteiger partial charge in [-0.25, -0.2) is 0 Å². The van der Waals surface area contributed by atoms with Gasteiger partial charge in [0, 0.05) is 12.6 Å². The maximum Gasteiger partial charge on any atom is 0.103 e. The van der Waals surface area contributed by atoms with E-state index in [1.54, 1.807) is 25.1 Å². The first kappa shape index (κ1) is 12.8. The average molecular weight is 240 g/mol. The molecule has 86 valence electrons. The minimum absolute atomic E-state index is 0.382. The van der Waals surface area contributed by atoms with Gasteiger partial charge in [-0.1, -0.05) is 17.7 Å². The third-order valence-electron chi connectivity index (χ3n) is 2.27. The molecule has 2 atom stereocenters. The minimum atomic E-state index is -0.600. The molecule has 0 saturated carbocycles. The van der Waals surface area contributed by atoms with Gasteiger partial charge >= 0.3 is 0 Å². The molecular formula is C11H14ClN3O. The molecule has 1 rings (SSSR count). The van der Waals surface area contributed by atoms with E-state index in [-0.39, 0.29) is 6.04 Å². The van der Waals surface area contributed by atoms with E-state index < -0.39 is 6.10 Å². The molecule has 0 aliphatic heterocycles. The number of nitrogens with two attached hydrogens (primary N) is 1. The second kappa shape index (κ2) is 5.71. The van der Waals surface area contributed by atoms with Gasteiger partial charge in [0.15, 0.2) is 0 Å². The van der Waals surface area contributed by atoms with Gasteiger partial charge in [-0.15, -0.1) is 0 Å². The molecule has 1 aromatic carbocycles. The number of rotatable bonds is 4. The fourth-order valence-electron chi connectivity index (χ4n) is 1.18. The van der Waals surface area contributed by atoms with Gasteiger partial charge in [-0.3, -0.25) is 0 Å². The predicted molar refractivity (Wildman–Crippen MR) is 64.3 cm³/mol. The number of hydrogen-bond donors (Lipinski definition) is 3. The molecule has 16 heavy (non-hydrogen) atoms. The number of nitrogens with zero attached hydrogens (tertiary/aromatic N) is 1. The molecule has 5 heteroatoms. The van der Waals surface area contributed by atoms with E-state index in [1.165, 1.54) is 0 Å². The Labute approximate surface area is 99.6 Å². The highest BCUT2D eigenvalue weighted by Crippen LogP contribution is 2.23. The van der Waals surface area contributed by atoms with Crippen molar-refractivity contribution in [3.63, 3.8) is 0 Å². The molecule has 1 aromatic rings. The number of nitriles is 1. The first-order valence-corrected chi connectivity index (χ1v) is 5.30. The molecule has 0 aromatic heterocycles. The summed E-state index contributed by atoms with van der Waals surface area (Å²) in [7, 11) is 0. The largest absolute Gasteiger partial charge is 0.392 e. The lowest BCUT2D eigenvalue weighted by atomic mass is 10.1. The summed E-state index contributed by atoms with van der Waals surface area (Å²) < 4.78 is 0. The standard InChI is InChI=1S/C11H14ClN3O/c1-7(16)10(14)6-15-11-4-2-3-9(12)8(11)5-13/h2-4,7,10,15-16H,6,14H2,1H3. The van der Waals surface area contributed by atoms with E-state index >= 15 is 0 Å². The van der Waals surface area contributed by atoms with Crippen molar-refractivity contribution in [1.29, 1.82) is 5.26 Å². The molecule has 0 spiro atoms. The Kier molecular flexibility index (Phi) is 4.56. The molecule has 0 heterocycles. The molecule has 4 nitrogen and oxygen atoms in total. The van der Waals surface area contributed by atoms with Crippen molar-refractivity contribution in [1.82, 2.24) is 0 Å². The van der Waals surface area contributed by atoms with Crippen LogP contribution in [0.3, 0.4) is 0 Å². The monoisotopic (exact) mass is 239 g/mol. The molecule has 0 fully saturated rings. The summed E-state index contributed by atoms with van der Waals surface area (Å²) in [5.41, 5.74) is 6.69. The maximum atomic E-state index is 9.22. The Morgan fingerprint density at radius 3 is 2.88 bits per heavy atom. The summed E-state index contributed by atoms with van der Waals surface area (Å²) in [4.78, 5) is 0. The summed E-state index contributed by atoms with van der Waals surface area (Å²) in [6.07, 6.45) is -0.600. The Morgan fingerprint density at radius 2 is 2.31 bits per heavy atom. The second-order valence-corrected chi connectivity index (χ2v) is 3.97. The number of halogens is 1. The molecule has 0 bridgehead atoms. The summed E-state index contributed by atoms with van der Waals surface area (Å²) in [6.45, 7) is 2.00. The van der Waals surface area contributed by atoms with Crippen LogP contribution in [0.2, 0.25) is 5.02 Å². The molecule has 0 aliphatic carbocycles.